The van der Waals surface area contributed by atoms with Crippen LogP contribution in [-0.4, -0.2) is 25.7 Å². The molecule has 7 heteroatoms. The van der Waals surface area contributed by atoms with E-state index in [4.69, 9.17) is 0 Å². The highest BCUT2D eigenvalue weighted by molar-refractivity contribution is 6.03. The number of nitrogens with zero attached hydrogens (tertiary/aromatic N) is 3. The second kappa shape index (κ2) is 3.39. The summed E-state index contributed by atoms with van der Waals surface area (Å²) in [7, 11) is 0. The van der Waals surface area contributed by atoms with E-state index in [9.17, 15) is 19.2 Å². The van der Waals surface area contributed by atoms with E-state index in [0.717, 1.165) is 4.57 Å². The highest BCUT2D eigenvalue weighted by Gasteiger charge is 2.33. The number of hydrogen-bond donors (Lipinski definition) is 0. The monoisotopic (exact) mass is 245 g/mol. The molecule has 0 unspecified atom stereocenters. The molecule has 2 heterocycles. The van der Waals surface area contributed by atoms with Crippen LogP contribution in [0.3, 0.4) is 0 Å². The summed E-state index contributed by atoms with van der Waals surface area (Å²) in [5, 5.41) is 0. The Morgan fingerprint density at radius 3 is 1.78 bits per heavy atom. The number of hydrogen-bond acceptors (Lipinski definition) is 4. The molecular formula is C11H7N3O4. The van der Waals surface area contributed by atoms with Gasteiger partial charge >= 0.3 is 11.4 Å². The number of carbonyl (C=O) groups is 2. The van der Waals surface area contributed by atoms with E-state index in [1.807, 2.05) is 0 Å². The zero-order valence-electron chi connectivity index (χ0n) is 9.07. The number of rotatable bonds is 1. The van der Waals surface area contributed by atoms with E-state index in [0.29, 0.717) is 15.1 Å². The molecule has 1 aromatic carbocycles. The zero-order valence-corrected chi connectivity index (χ0v) is 9.07. The van der Waals surface area contributed by atoms with Crippen molar-refractivity contribution in [3.63, 3.8) is 0 Å². The van der Waals surface area contributed by atoms with Crippen LogP contribution in [0.2, 0.25) is 0 Å². The van der Waals surface area contributed by atoms with E-state index in [1.165, 1.54) is 0 Å². The van der Waals surface area contributed by atoms with Crippen LogP contribution in [0.5, 0.6) is 0 Å². The number of aromatic nitrogens is 3. The largest absolute Gasteiger partial charge is 0.359 e. The molecule has 1 aliphatic heterocycles. The molecular weight excluding hydrogens is 238 g/mol. The third kappa shape index (κ3) is 1.18. The molecule has 18 heavy (non-hydrogen) atoms. The summed E-state index contributed by atoms with van der Waals surface area (Å²) in [6.07, 6.45) is -0.444. The molecule has 0 bridgehead atoms. The lowest BCUT2D eigenvalue weighted by Gasteiger charge is -1.97. The number of benzene rings is 1. The van der Waals surface area contributed by atoms with Crippen molar-refractivity contribution in [2.75, 3.05) is 0 Å². The minimum atomic E-state index is -0.818. The van der Waals surface area contributed by atoms with E-state index in [1.54, 1.807) is 30.3 Å². The van der Waals surface area contributed by atoms with Gasteiger partial charge in [-0.2, -0.15) is 9.36 Å². The van der Waals surface area contributed by atoms with Crippen molar-refractivity contribution >= 4 is 11.8 Å². The Morgan fingerprint density at radius 1 is 0.778 bits per heavy atom. The highest BCUT2D eigenvalue weighted by Crippen LogP contribution is 2.05. The molecule has 0 atom stereocenters. The Morgan fingerprint density at radius 2 is 1.28 bits per heavy atom. The van der Waals surface area contributed by atoms with Crippen molar-refractivity contribution in [1.82, 2.24) is 13.9 Å². The van der Waals surface area contributed by atoms with Crippen LogP contribution in [0, 0.1) is 0 Å². The third-order valence-electron chi connectivity index (χ3n) is 2.73. The predicted molar refractivity (Wildman–Crippen MR) is 60.2 cm³/mol. The maximum Gasteiger partial charge on any atom is 0.359 e. The first-order valence-corrected chi connectivity index (χ1v) is 5.20. The van der Waals surface area contributed by atoms with Crippen LogP contribution in [0.15, 0.2) is 39.9 Å². The second-order valence-corrected chi connectivity index (χ2v) is 3.82. The number of para-hydroxylation sites is 1. The standard InChI is InChI=1S/C11H7N3O4/c15-8-6-9(16)14-11(18)12(10(17)13(8)14)7-4-2-1-3-5-7/h1-5H,6H2. The average molecular weight is 245 g/mol. The van der Waals surface area contributed by atoms with Gasteiger partial charge in [-0.3, -0.25) is 9.59 Å². The van der Waals surface area contributed by atoms with E-state index < -0.39 is 29.6 Å². The molecule has 0 amide bonds. The molecule has 0 saturated carbocycles. The average Bonchev–Trinajstić information content (AvgIpc) is 2.79. The summed E-state index contributed by atoms with van der Waals surface area (Å²) < 4.78 is 1.96. The van der Waals surface area contributed by atoms with Crippen molar-refractivity contribution in [2.24, 2.45) is 0 Å². The van der Waals surface area contributed by atoms with Crippen molar-refractivity contribution in [3.05, 3.63) is 51.3 Å². The molecule has 90 valence electrons. The molecule has 1 aromatic heterocycles. The Hall–Kier alpha value is -2.70. The topological polar surface area (TPSA) is 83.1 Å². The fraction of sp³-hybridized carbons (Fsp3) is 0.0909. The van der Waals surface area contributed by atoms with Crippen molar-refractivity contribution in [2.45, 2.75) is 6.42 Å². The summed E-state index contributed by atoms with van der Waals surface area (Å²) in [6, 6.07) is 8.13. The van der Waals surface area contributed by atoms with Gasteiger partial charge in [-0.15, -0.1) is 0 Å². The molecule has 0 spiro atoms. The van der Waals surface area contributed by atoms with Crippen LogP contribution in [-0.2, 0) is 0 Å². The van der Waals surface area contributed by atoms with Crippen molar-refractivity contribution < 1.29 is 9.59 Å². The van der Waals surface area contributed by atoms with Gasteiger partial charge < -0.3 is 0 Å². The normalized spacial score (nSPS) is 14.0. The summed E-state index contributed by atoms with van der Waals surface area (Å²) in [5.41, 5.74) is -1.31. The lowest BCUT2D eigenvalue weighted by atomic mass is 10.3. The van der Waals surface area contributed by atoms with Gasteiger partial charge in [0.15, 0.2) is 0 Å². The zero-order chi connectivity index (χ0) is 12.9. The summed E-state index contributed by atoms with van der Waals surface area (Å²) >= 11 is 0. The molecule has 7 nitrogen and oxygen atoms in total. The minimum Gasteiger partial charge on any atom is -0.272 e. The first kappa shape index (κ1) is 10.5. The van der Waals surface area contributed by atoms with Crippen LogP contribution in [0.25, 0.3) is 5.69 Å². The summed E-state index contributed by atoms with van der Waals surface area (Å²) in [6.45, 7) is 0. The van der Waals surface area contributed by atoms with Gasteiger partial charge in [0, 0.05) is 0 Å². The first-order chi connectivity index (χ1) is 8.61. The van der Waals surface area contributed by atoms with Gasteiger partial charge in [-0.25, -0.2) is 14.2 Å². The predicted octanol–water partition coefficient (Wildman–Crippen LogP) is -0.515. The molecule has 0 N–H and O–H groups in total. The van der Waals surface area contributed by atoms with E-state index in [2.05, 4.69) is 0 Å². The first-order valence-electron chi connectivity index (χ1n) is 5.20. The van der Waals surface area contributed by atoms with Crippen molar-refractivity contribution in [1.29, 1.82) is 0 Å². The molecule has 1 aliphatic rings. The SMILES string of the molecule is O=C1CC(=O)n2c(=O)n(-c3ccccc3)c(=O)n21. The van der Waals surface area contributed by atoms with Crippen LogP contribution in [0.1, 0.15) is 16.0 Å². The van der Waals surface area contributed by atoms with Crippen LogP contribution >= 0.6 is 0 Å². The molecule has 2 aromatic rings. The van der Waals surface area contributed by atoms with Gasteiger partial charge in [0.2, 0.25) is 0 Å². The lowest BCUT2D eigenvalue weighted by Crippen LogP contribution is -2.30. The Balaban J connectivity index is 2.40. The quantitative estimate of drug-likeness (QED) is 0.633. The van der Waals surface area contributed by atoms with E-state index in [-0.39, 0.29) is 0 Å². The number of carbonyl (C=O) groups excluding carboxylic acids is 2. The molecule has 0 fully saturated rings. The van der Waals surface area contributed by atoms with Gasteiger partial charge in [0.25, 0.3) is 11.8 Å². The Bertz CT molecular complexity index is 733. The maximum atomic E-state index is 12.0. The van der Waals surface area contributed by atoms with Gasteiger partial charge in [0.05, 0.1) is 5.69 Å². The third-order valence-corrected chi connectivity index (χ3v) is 2.73. The van der Waals surface area contributed by atoms with E-state index >= 15 is 0 Å². The van der Waals surface area contributed by atoms with Gasteiger partial charge in [-0.05, 0) is 12.1 Å². The lowest BCUT2D eigenvalue weighted by molar-refractivity contribution is 0.0879. The minimum absolute atomic E-state index is 0.322. The maximum absolute atomic E-state index is 12.0. The smallest absolute Gasteiger partial charge is 0.272 e. The summed E-state index contributed by atoms with van der Waals surface area (Å²) in [4.78, 5) is 46.9. The number of fused-ring (bicyclic) bond motifs is 1. The van der Waals surface area contributed by atoms with Gasteiger partial charge in [-0.1, -0.05) is 18.2 Å². The van der Waals surface area contributed by atoms with Crippen LogP contribution < -0.4 is 11.4 Å². The van der Waals surface area contributed by atoms with Crippen molar-refractivity contribution in [3.8, 4) is 5.69 Å². The van der Waals surface area contributed by atoms with Crippen LogP contribution in [0.4, 0.5) is 0 Å². The molecule has 3 rings (SSSR count). The fourth-order valence-corrected chi connectivity index (χ4v) is 1.96. The Kier molecular flexibility index (Phi) is 1.97. The Labute approximate surface area is 99.5 Å². The molecule has 0 radical (unpaired) electrons. The highest BCUT2D eigenvalue weighted by atomic mass is 16.2. The van der Waals surface area contributed by atoms with Gasteiger partial charge in [0.1, 0.15) is 6.42 Å². The molecule has 0 saturated heterocycles. The molecule has 0 aliphatic carbocycles. The second-order valence-electron chi connectivity index (χ2n) is 3.82. The fourth-order valence-electron chi connectivity index (χ4n) is 1.96. The summed E-state index contributed by atoms with van der Waals surface area (Å²) in [5.74, 6) is -1.37.